The van der Waals surface area contributed by atoms with Gasteiger partial charge in [-0.15, -0.1) is 0 Å². The van der Waals surface area contributed by atoms with Crippen molar-refractivity contribution in [2.75, 3.05) is 6.54 Å². The molecule has 0 radical (unpaired) electrons. The van der Waals surface area contributed by atoms with Crippen LogP contribution in [0.4, 0.5) is 0 Å². The second-order valence-corrected chi connectivity index (χ2v) is 7.33. The third-order valence-electron chi connectivity index (χ3n) is 4.73. The minimum absolute atomic E-state index is 0.104. The normalized spacial score (nSPS) is 11.2. The Balaban J connectivity index is 1.72. The molecule has 6 heteroatoms. The second kappa shape index (κ2) is 9.94. The number of amides is 2. The highest BCUT2D eigenvalue weighted by molar-refractivity contribution is 6.31. The number of aryl methyl sites for hydroxylation is 2. The summed E-state index contributed by atoms with van der Waals surface area (Å²) in [5.74, 6) is -0.306. The Hall–Kier alpha value is -3.31. The maximum atomic E-state index is 12.8. The predicted molar refractivity (Wildman–Crippen MR) is 118 cm³/mol. The molecule has 3 rings (SSSR count). The zero-order chi connectivity index (χ0) is 21.5. The van der Waals surface area contributed by atoms with Crippen LogP contribution in [-0.2, 0) is 11.2 Å². The van der Waals surface area contributed by atoms with Gasteiger partial charge in [0, 0.05) is 23.2 Å². The Morgan fingerprint density at radius 3 is 2.53 bits per heavy atom. The number of nitrogens with one attached hydrogen (secondary N) is 2. The van der Waals surface area contributed by atoms with Crippen molar-refractivity contribution in [3.8, 4) is 0 Å². The second-order valence-electron chi connectivity index (χ2n) is 6.92. The van der Waals surface area contributed by atoms with Crippen LogP contribution in [0.15, 0.2) is 71.0 Å². The lowest BCUT2D eigenvalue weighted by Gasteiger charge is -2.12. The molecule has 154 valence electrons. The number of hydrogen-bond acceptors (Lipinski definition) is 3. The minimum Gasteiger partial charge on any atom is -0.465 e. The van der Waals surface area contributed by atoms with Crippen LogP contribution in [0, 0.1) is 13.8 Å². The molecule has 0 saturated heterocycles. The van der Waals surface area contributed by atoms with Crippen LogP contribution in [0.3, 0.4) is 0 Å². The first-order valence-corrected chi connectivity index (χ1v) is 9.97. The van der Waals surface area contributed by atoms with Crippen molar-refractivity contribution in [1.82, 2.24) is 10.6 Å². The Morgan fingerprint density at radius 1 is 1.03 bits per heavy atom. The Kier molecular flexibility index (Phi) is 7.09. The van der Waals surface area contributed by atoms with Crippen molar-refractivity contribution < 1.29 is 14.0 Å². The van der Waals surface area contributed by atoms with Crippen molar-refractivity contribution in [2.24, 2.45) is 0 Å². The third kappa shape index (κ3) is 5.61. The molecular formula is C24H23ClN2O3. The van der Waals surface area contributed by atoms with Gasteiger partial charge >= 0.3 is 0 Å². The zero-order valence-corrected chi connectivity index (χ0v) is 17.6. The van der Waals surface area contributed by atoms with Crippen LogP contribution < -0.4 is 10.6 Å². The SMILES string of the molecule is Cc1ccc(C(=O)N/C(=C/c2ccco2)C(=O)NCCc2ccccc2Cl)cc1C. The molecule has 0 spiro atoms. The summed E-state index contributed by atoms with van der Waals surface area (Å²) in [4.78, 5) is 25.5. The van der Waals surface area contributed by atoms with Crippen molar-refractivity contribution in [3.63, 3.8) is 0 Å². The summed E-state index contributed by atoms with van der Waals surface area (Å²) in [6.07, 6.45) is 3.58. The zero-order valence-electron chi connectivity index (χ0n) is 16.9. The van der Waals surface area contributed by atoms with Gasteiger partial charge in [0.2, 0.25) is 0 Å². The number of rotatable bonds is 7. The molecule has 0 bridgehead atoms. The van der Waals surface area contributed by atoms with E-state index in [9.17, 15) is 9.59 Å². The Bertz CT molecular complexity index is 1070. The largest absolute Gasteiger partial charge is 0.465 e. The fraction of sp³-hybridized carbons (Fsp3) is 0.167. The molecule has 2 aromatic carbocycles. The monoisotopic (exact) mass is 422 g/mol. The molecule has 3 aromatic rings. The van der Waals surface area contributed by atoms with E-state index in [4.69, 9.17) is 16.0 Å². The summed E-state index contributed by atoms with van der Waals surface area (Å²) in [7, 11) is 0. The van der Waals surface area contributed by atoms with Crippen molar-refractivity contribution >= 4 is 29.5 Å². The summed E-state index contributed by atoms with van der Waals surface area (Å²) in [6, 6.07) is 16.3. The van der Waals surface area contributed by atoms with Crippen molar-refractivity contribution in [3.05, 3.63) is 99.6 Å². The fourth-order valence-electron chi connectivity index (χ4n) is 2.86. The number of carbonyl (C=O) groups excluding carboxylic acids is 2. The van der Waals surface area contributed by atoms with Crippen LogP contribution in [0.25, 0.3) is 6.08 Å². The van der Waals surface area contributed by atoms with Gasteiger partial charge in [-0.1, -0.05) is 35.9 Å². The predicted octanol–water partition coefficient (Wildman–Crippen LogP) is 4.68. The number of carbonyl (C=O) groups is 2. The topological polar surface area (TPSA) is 71.3 Å². The number of hydrogen-bond donors (Lipinski definition) is 2. The molecular weight excluding hydrogens is 400 g/mol. The summed E-state index contributed by atoms with van der Waals surface area (Å²) in [5, 5.41) is 6.18. The average molecular weight is 423 g/mol. The van der Waals surface area contributed by atoms with Gasteiger partial charge in [0.25, 0.3) is 11.8 Å². The van der Waals surface area contributed by atoms with Gasteiger partial charge in [0.1, 0.15) is 11.5 Å². The van der Waals surface area contributed by atoms with Crippen LogP contribution in [0.2, 0.25) is 5.02 Å². The number of furan rings is 1. The van der Waals surface area contributed by atoms with Crippen molar-refractivity contribution in [2.45, 2.75) is 20.3 Å². The van der Waals surface area contributed by atoms with E-state index < -0.39 is 5.91 Å². The first kappa shape index (κ1) is 21.4. The summed E-state index contributed by atoms with van der Waals surface area (Å²) >= 11 is 6.16. The van der Waals surface area contributed by atoms with Gasteiger partial charge in [0.15, 0.2) is 0 Å². The van der Waals surface area contributed by atoms with E-state index >= 15 is 0 Å². The molecule has 1 heterocycles. The average Bonchev–Trinajstić information content (AvgIpc) is 3.24. The van der Waals surface area contributed by atoms with Gasteiger partial charge < -0.3 is 15.1 Å². The molecule has 0 aliphatic rings. The molecule has 0 unspecified atom stereocenters. The third-order valence-corrected chi connectivity index (χ3v) is 5.10. The first-order valence-electron chi connectivity index (χ1n) is 9.59. The van der Waals surface area contributed by atoms with Gasteiger partial charge in [-0.25, -0.2) is 0 Å². The lowest BCUT2D eigenvalue weighted by atomic mass is 10.1. The quantitative estimate of drug-likeness (QED) is 0.543. The lowest BCUT2D eigenvalue weighted by molar-refractivity contribution is -0.117. The van der Waals surface area contributed by atoms with Crippen LogP contribution in [0.1, 0.15) is 32.8 Å². The summed E-state index contributed by atoms with van der Waals surface area (Å²) in [6.45, 7) is 4.29. The van der Waals surface area contributed by atoms with Crippen LogP contribution in [0.5, 0.6) is 0 Å². The van der Waals surface area contributed by atoms with Crippen LogP contribution >= 0.6 is 11.6 Å². The Labute approximate surface area is 180 Å². The highest BCUT2D eigenvalue weighted by atomic mass is 35.5. The van der Waals surface area contributed by atoms with E-state index in [0.717, 1.165) is 16.7 Å². The maximum Gasteiger partial charge on any atom is 0.267 e. The van der Waals surface area contributed by atoms with E-state index in [2.05, 4.69) is 10.6 Å². The van der Waals surface area contributed by atoms with Gasteiger partial charge in [-0.3, -0.25) is 9.59 Å². The van der Waals surface area contributed by atoms with E-state index in [0.29, 0.717) is 29.3 Å². The fourth-order valence-corrected chi connectivity index (χ4v) is 3.09. The van der Waals surface area contributed by atoms with E-state index in [-0.39, 0.29) is 11.6 Å². The molecule has 30 heavy (non-hydrogen) atoms. The standard InChI is InChI=1S/C24H23ClN2O3/c1-16-9-10-19(14-17(16)2)23(28)27-22(15-20-7-5-13-30-20)24(29)26-12-11-18-6-3-4-8-21(18)25/h3-10,13-15H,11-12H2,1-2H3,(H,26,29)(H,27,28)/b22-15+. The minimum atomic E-state index is -0.407. The van der Waals surface area contributed by atoms with E-state index in [1.54, 1.807) is 24.3 Å². The first-order chi connectivity index (χ1) is 14.4. The van der Waals surface area contributed by atoms with E-state index in [1.165, 1.54) is 12.3 Å². The highest BCUT2D eigenvalue weighted by Gasteiger charge is 2.16. The molecule has 0 atom stereocenters. The van der Waals surface area contributed by atoms with Crippen LogP contribution in [-0.4, -0.2) is 18.4 Å². The number of benzene rings is 2. The molecule has 0 saturated carbocycles. The van der Waals surface area contributed by atoms with Gasteiger partial charge in [0.05, 0.1) is 6.26 Å². The number of halogens is 1. The van der Waals surface area contributed by atoms with Crippen molar-refractivity contribution in [1.29, 1.82) is 0 Å². The molecule has 5 nitrogen and oxygen atoms in total. The van der Waals surface area contributed by atoms with Gasteiger partial charge in [-0.2, -0.15) is 0 Å². The van der Waals surface area contributed by atoms with Gasteiger partial charge in [-0.05, 0) is 67.3 Å². The van der Waals surface area contributed by atoms with E-state index in [1.807, 2.05) is 44.2 Å². The lowest BCUT2D eigenvalue weighted by Crippen LogP contribution is -2.35. The maximum absolute atomic E-state index is 12.8. The molecule has 0 fully saturated rings. The molecule has 2 amide bonds. The highest BCUT2D eigenvalue weighted by Crippen LogP contribution is 2.15. The summed E-state index contributed by atoms with van der Waals surface area (Å²) < 4.78 is 5.30. The molecule has 0 aliphatic carbocycles. The Morgan fingerprint density at radius 2 is 1.83 bits per heavy atom. The molecule has 2 N–H and O–H groups in total. The molecule has 1 aromatic heterocycles. The molecule has 0 aliphatic heterocycles. The smallest absolute Gasteiger partial charge is 0.267 e. The summed E-state index contributed by atoms with van der Waals surface area (Å²) in [5.41, 5.74) is 3.62.